The number of amides is 1. The number of carbonyl (C=O) groups is 1. The van der Waals surface area contributed by atoms with Gasteiger partial charge in [-0.3, -0.25) is 9.69 Å². The van der Waals surface area contributed by atoms with Crippen molar-refractivity contribution in [3.8, 4) is 12.1 Å². The number of fused-ring (bicyclic) bond motifs is 1. The van der Waals surface area contributed by atoms with Gasteiger partial charge in [0.25, 0.3) is 0 Å². The Balaban J connectivity index is 1.42. The molecule has 0 spiro atoms. The first-order valence-electron chi connectivity index (χ1n) is 13.9. The highest BCUT2D eigenvalue weighted by atomic mass is 16.5. The van der Waals surface area contributed by atoms with E-state index in [0.29, 0.717) is 38.3 Å². The number of nitrogens with zero attached hydrogens (tertiary/aromatic N) is 7. The maximum atomic E-state index is 12.5. The second kappa shape index (κ2) is 11.7. The molecule has 2 aromatic rings. The lowest BCUT2D eigenvalue weighted by atomic mass is 10.0. The van der Waals surface area contributed by atoms with Gasteiger partial charge in [-0.15, -0.1) is 0 Å². The number of nitriles is 1. The van der Waals surface area contributed by atoms with Crippen LogP contribution in [0.5, 0.6) is 6.01 Å². The van der Waals surface area contributed by atoms with E-state index in [9.17, 15) is 10.1 Å². The van der Waals surface area contributed by atoms with Gasteiger partial charge in [-0.2, -0.15) is 15.2 Å². The molecule has 3 aliphatic heterocycles. The van der Waals surface area contributed by atoms with Crippen molar-refractivity contribution in [1.29, 1.82) is 5.26 Å². The number of ether oxygens (including phenoxy) is 1. The number of hydrogen-bond donors (Lipinski definition) is 0. The van der Waals surface area contributed by atoms with Crippen molar-refractivity contribution in [2.75, 3.05) is 44.7 Å². The Labute approximate surface area is 231 Å². The highest BCUT2D eigenvalue weighted by molar-refractivity contribution is 5.87. The molecule has 2 fully saturated rings. The van der Waals surface area contributed by atoms with Gasteiger partial charge in [0.15, 0.2) is 0 Å². The van der Waals surface area contributed by atoms with E-state index in [1.807, 2.05) is 0 Å². The topological polar surface area (TPSA) is 88.8 Å². The van der Waals surface area contributed by atoms with Crippen LogP contribution < -0.4 is 9.64 Å². The van der Waals surface area contributed by atoms with E-state index < -0.39 is 0 Å². The smallest absolute Gasteiger partial charge is 0.318 e. The molecule has 5 rings (SSSR count). The monoisotopic (exact) mass is 529 g/mol. The summed E-state index contributed by atoms with van der Waals surface area (Å²) >= 11 is 0. The van der Waals surface area contributed by atoms with Gasteiger partial charge < -0.3 is 19.4 Å². The van der Waals surface area contributed by atoms with Crippen molar-refractivity contribution < 1.29 is 9.53 Å². The number of aromatic nitrogens is 2. The molecule has 206 valence electrons. The van der Waals surface area contributed by atoms with Gasteiger partial charge >= 0.3 is 6.01 Å². The molecule has 1 amide bonds. The fourth-order valence-electron chi connectivity index (χ4n) is 6.13. The fourth-order valence-corrected chi connectivity index (χ4v) is 6.13. The Hall–Kier alpha value is -3.48. The van der Waals surface area contributed by atoms with Gasteiger partial charge in [-0.1, -0.05) is 24.8 Å². The molecule has 39 heavy (non-hydrogen) atoms. The molecule has 0 unspecified atom stereocenters. The van der Waals surface area contributed by atoms with Crippen LogP contribution in [0.2, 0.25) is 0 Å². The Bertz CT molecular complexity index is 1250. The van der Waals surface area contributed by atoms with Gasteiger partial charge in [0, 0.05) is 50.9 Å². The second-order valence-corrected chi connectivity index (χ2v) is 11.1. The lowest BCUT2D eigenvalue weighted by Gasteiger charge is -2.41. The van der Waals surface area contributed by atoms with Crippen molar-refractivity contribution in [2.45, 2.75) is 64.8 Å². The average Bonchev–Trinajstić information content (AvgIpc) is 3.54. The minimum atomic E-state index is -0.219. The van der Waals surface area contributed by atoms with Crippen LogP contribution in [0, 0.1) is 25.2 Å². The molecular weight excluding hydrogens is 490 g/mol. The van der Waals surface area contributed by atoms with Crippen LogP contribution in [0.25, 0.3) is 0 Å². The number of rotatable bonds is 8. The summed E-state index contributed by atoms with van der Waals surface area (Å²) in [6.45, 7) is 13.7. The van der Waals surface area contributed by atoms with Crippen molar-refractivity contribution in [3.63, 3.8) is 0 Å². The molecule has 0 aliphatic carbocycles. The summed E-state index contributed by atoms with van der Waals surface area (Å²) in [6.07, 6.45) is 3.90. The molecule has 1 aromatic carbocycles. The average molecular weight is 530 g/mol. The fraction of sp³-hybridized carbons (Fsp3) is 0.533. The Kier molecular flexibility index (Phi) is 8.15. The zero-order valence-corrected chi connectivity index (χ0v) is 23.4. The quantitative estimate of drug-likeness (QED) is 0.482. The first-order chi connectivity index (χ1) is 18.9. The van der Waals surface area contributed by atoms with E-state index in [-0.39, 0.29) is 18.4 Å². The Morgan fingerprint density at radius 2 is 1.97 bits per heavy atom. The zero-order valence-electron chi connectivity index (χ0n) is 23.4. The summed E-state index contributed by atoms with van der Waals surface area (Å²) in [4.78, 5) is 31.0. The number of aryl methyl sites for hydroxylation is 2. The third-order valence-corrected chi connectivity index (χ3v) is 8.47. The number of likely N-dealkylation sites (N-methyl/N-ethyl adjacent to an activating group) is 1. The predicted molar refractivity (Wildman–Crippen MR) is 150 cm³/mol. The number of hydrogen-bond acceptors (Lipinski definition) is 8. The summed E-state index contributed by atoms with van der Waals surface area (Å²) < 4.78 is 6.22. The molecule has 0 N–H and O–H groups in total. The van der Waals surface area contributed by atoms with Crippen molar-refractivity contribution in [1.82, 2.24) is 24.7 Å². The normalized spacial score (nSPS) is 21.6. The molecule has 2 saturated heterocycles. The molecule has 4 heterocycles. The minimum absolute atomic E-state index is 0.132. The standard InChI is InChI=1S/C30H39N7O2/c1-5-28(38)37-15-14-36(16-23(37)11-12-31)29-26-18-35(17-25-21(2)8-6-9-22(25)3)19-27(26)32-30(33-29)39-20-24-10-7-13-34(24)4/h5-6,8-9,23-24H,1,7,10-11,13-20H2,2-4H3/t23-,24-/m0/s1. The number of piperazine rings is 1. The zero-order chi connectivity index (χ0) is 27.5. The van der Waals surface area contributed by atoms with Gasteiger partial charge in [-0.05, 0) is 63.0 Å². The van der Waals surface area contributed by atoms with Gasteiger partial charge in [0.1, 0.15) is 12.4 Å². The maximum Gasteiger partial charge on any atom is 0.318 e. The van der Waals surface area contributed by atoms with Gasteiger partial charge in [-0.25, -0.2) is 0 Å². The number of likely N-dealkylation sites (tertiary alicyclic amines) is 1. The molecule has 2 atom stereocenters. The lowest BCUT2D eigenvalue weighted by molar-refractivity contribution is -0.128. The highest BCUT2D eigenvalue weighted by Crippen LogP contribution is 2.34. The van der Waals surface area contributed by atoms with Crippen molar-refractivity contribution >= 4 is 11.7 Å². The summed E-state index contributed by atoms with van der Waals surface area (Å²) in [7, 11) is 2.14. The maximum absolute atomic E-state index is 12.5. The minimum Gasteiger partial charge on any atom is -0.462 e. The predicted octanol–water partition coefficient (Wildman–Crippen LogP) is 3.20. The lowest BCUT2D eigenvalue weighted by Crippen LogP contribution is -2.55. The first kappa shape index (κ1) is 27.1. The van der Waals surface area contributed by atoms with E-state index in [1.54, 1.807) is 4.90 Å². The van der Waals surface area contributed by atoms with Crippen LogP contribution in [-0.2, 0) is 24.4 Å². The van der Waals surface area contributed by atoms with E-state index in [0.717, 1.165) is 49.7 Å². The molecule has 0 bridgehead atoms. The SMILES string of the molecule is C=CC(=O)N1CCN(c2nc(OC[C@@H]3CCCN3C)nc3c2CN(Cc2c(C)cccc2C)C3)C[C@@H]1CC#N. The molecule has 9 heteroatoms. The summed E-state index contributed by atoms with van der Waals surface area (Å²) in [5.41, 5.74) is 6.06. The molecule has 1 aromatic heterocycles. The number of anilines is 1. The van der Waals surface area contributed by atoms with E-state index in [4.69, 9.17) is 14.7 Å². The third-order valence-electron chi connectivity index (χ3n) is 8.47. The van der Waals surface area contributed by atoms with Crippen LogP contribution in [0.1, 0.15) is 47.2 Å². The Morgan fingerprint density at radius 1 is 1.18 bits per heavy atom. The second-order valence-electron chi connectivity index (χ2n) is 11.1. The summed E-state index contributed by atoms with van der Waals surface area (Å²) in [6, 6.07) is 9.27. The van der Waals surface area contributed by atoms with E-state index in [1.165, 1.54) is 29.2 Å². The number of carbonyl (C=O) groups excluding carboxylic acids is 1. The number of benzene rings is 1. The van der Waals surface area contributed by atoms with Crippen LogP contribution >= 0.6 is 0 Å². The van der Waals surface area contributed by atoms with Gasteiger partial charge in [0.2, 0.25) is 5.91 Å². The van der Waals surface area contributed by atoms with Crippen LogP contribution in [0.15, 0.2) is 30.9 Å². The van der Waals surface area contributed by atoms with Crippen molar-refractivity contribution in [2.24, 2.45) is 0 Å². The van der Waals surface area contributed by atoms with E-state index >= 15 is 0 Å². The first-order valence-corrected chi connectivity index (χ1v) is 13.9. The van der Waals surface area contributed by atoms with Crippen molar-refractivity contribution in [3.05, 3.63) is 58.8 Å². The van der Waals surface area contributed by atoms with Gasteiger partial charge in [0.05, 0.1) is 24.2 Å². The molecule has 0 saturated carbocycles. The summed E-state index contributed by atoms with van der Waals surface area (Å²) in [5, 5.41) is 9.47. The largest absolute Gasteiger partial charge is 0.462 e. The highest BCUT2D eigenvalue weighted by Gasteiger charge is 2.34. The molecule has 3 aliphatic rings. The third kappa shape index (κ3) is 5.77. The molecule has 9 nitrogen and oxygen atoms in total. The Morgan fingerprint density at radius 3 is 2.67 bits per heavy atom. The van der Waals surface area contributed by atoms with Crippen LogP contribution in [0.3, 0.4) is 0 Å². The van der Waals surface area contributed by atoms with Crippen LogP contribution in [0.4, 0.5) is 5.82 Å². The molecule has 0 radical (unpaired) electrons. The van der Waals surface area contributed by atoms with Crippen LogP contribution in [-0.4, -0.2) is 82.5 Å². The summed E-state index contributed by atoms with van der Waals surface area (Å²) in [5.74, 6) is 0.736. The molecular formula is C30H39N7O2. The van der Waals surface area contributed by atoms with E-state index in [2.05, 4.69) is 66.4 Å².